The second-order valence-electron chi connectivity index (χ2n) is 5.78. The third-order valence-corrected chi connectivity index (χ3v) is 4.28. The molecule has 1 aromatic carbocycles. The Bertz CT molecular complexity index is 501. The predicted octanol–water partition coefficient (Wildman–Crippen LogP) is 3.18. The quantitative estimate of drug-likeness (QED) is 0.592. The van der Waals surface area contributed by atoms with Crippen LogP contribution >= 0.6 is 0 Å². The molecule has 2 atom stereocenters. The summed E-state index contributed by atoms with van der Waals surface area (Å²) in [5, 5.41) is 0. The first-order chi connectivity index (χ1) is 10.7. The van der Waals surface area contributed by atoms with Gasteiger partial charge in [-0.15, -0.1) is 0 Å². The monoisotopic (exact) mass is 305 g/mol. The molecule has 0 aromatic heterocycles. The van der Waals surface area contributed by atoms with Gasteiger partial charge in [0.1, 0.15) is 5.75 Å². The first-order valence-corrected chi connectivity index (χ1v) is 8.33. The van der Waals surface area contributed by atoms with Crippen molar-refractivity contribution in [1.29, 1.82) is 0 Å². The summed E-state index contributed by atoms with van der Waals surface area (Å²) in [4.78, 5) is 11.4. The number of esters is 1. The maximum atomic E-state index is 11.4. The van der Waals surface area contributed by atoms with Crippen molar-refractivity contribution in [3.63, 3.8) is 0 Å². The van der Waals surface area contributed by atoms with Crippen LogP contribution in [0.3, 0.4) is 0 Å². The van der Waals surface area contributed by atoms with Gasteiger partial charge in [-0.2, -0.15) is 0 Å². The average molecular weight is 305 g/mol. The summed E-state index contributed by atoms with van der Waals surface area (Å²) in [7, 11) is 0. The van der Waals surface area contributed by atoms with E-state index in [0.29, 0.717) is 25.6 Å². The second kappa shape index (κ2) is 8.18. The number of unbranched alkanes of at least 4 members (excludes halogenated alkanes) is 1. The Hall–Kier alpha value is -1.55. The topological polar surface area (TPSA) is 61.5 Å². The van der Waals surface area contributed by atoms with Crippen LogP contribution < -0.4 is 10.5 Å². The van der Waals surface area contributed by atoms with Gasteiger partial charge >= 0.3 is 5.97 Å². The lowest BCUT2D eigenvalue weighted by Crippen LogP contribution is -2.25. The number of hydrogen-bond donors (Lipinski definition) is 1. The van der Waals surface area contributed by atoms with Crippen LogP contribution in [0.5, 0.6) is 5.75 Å². The van der Waals surface area contributed by atoms with Crippen molar-refractivity contribution in [2.24, 2.45) is 5.73 Å². The molecule has 0 saturated heterocycles. The highest BCUT2D eigenvalue weighted by Crippen LogP contribution is 2.40. The highest BCUT2D eigenvalue weighted by molar-refractivity contribution is 5.69. The fourth-order valence-corrected chi connectivity index (χ4v) is 3.28. The number of benzene rings is 1. The third kappa shape index (κ3) is 4.01. The first kappa shape index (κ1) is 16.8. The molecular weight excluding hydrogens is 278 g/mol. The Morgan fingerprint density at radius 3 is 2.82 bits per heavy atom. The van der Waals surface area contributed by atoms with Crippen LogP contribution in [-0.4, -0.2) is 25.2 Å². The summed E-state index contributed by atoms with van der Waals surface area (Å²) >= 11 is 0. The van der Waals surface area contributed by atoms with Crippen molar-refractivity contribution < 1.29 is 14.3 Å². The molecule has 2 N–H and O–H groups in total. The van der Waals surface area contributed by atoms with E-state index in [9.17, 15) is 4.79 Å². The normalized spacial score (nSPS) is 19.8. The Balaban J connectivity index is 1.91. The standard InChI is InChI=1S/C18H27NO3/c1-3-21-17-10-7-9-13-14(16(19)12-15(13)17)8-5-6-11-18(20)22-4-2/h7,9-10,14,16H,3-6,8,11-12,19H2,1-2H3. The zero-order valence-corrected chi connectivity index (χ0v) is 13.6. The van der Waals surface area contributed by atoms with Crippen molar-refractivity contribution in [3.8, 4) is 5.75 Å². The minimum absolute atomic E-state index is 0.0998. The van der Waals surface area contributed by atoms with E-state index in [2.05, 4.69) is 6.07 Å². The Labute approximate surface area is 133 Å². The van der Waals surface area contributed by atoms with Crippen LogP contribution in [-0.2, 0) is 16.0 Å². The Morgan fingerprint density at radius 1 is 1.27 bits per heavy atom. The predicted molar refractivity (Wildman–Crippen MR) is 87.1 cm³/mol. The van der Waals surface area contributed by atoms with E-state index >= 15 is 0 Å². The summed E-state index contributed by atoms with van der Waals surface area (Å²) < 4.78 is 10.7. The molecule has 122 valence electrons. The van der Waals surface area contributed by atoms with Gasteiger partial charge in [0.25, 0.3) is 0 Å². The Morgan fingerprint density at radius 2 is 2.09 bits per heavy atom. The van der Waals surface area contributed by atoms with Gasteiger partial charge in [-0.1, -0.05) is 18.6 Å². The van der Waals surface area contributed by atoms with Gasteiger partial charge in [0.2, 0.25) is 0 Å². The van der Waals surface area contributed by atoms with Crippen LogP contribution in [0.25, 0.3) is 0 Å². The maximum Gasteiger partial charge on any atom is 0.305 e. The van der Waals surface area contributed by atoms with Gasteiger partial charge in [0.15, 0.2) is 0 Å². The molecule has 1 aliphatic carbocycles. The van der Waals surface area contributed by atoms with E-state index in [-0.39, 0.29) is 12.0 Å². The summed E-state index contributed by atoms with van der Waals surface area (Å²) in [6.45, 7) is 4.97. The van der Waals surface area contributed by atoms with Gasteiger partial charge in [0, 0.05) is 12.5 Å². The van der Waals surface area contributed by atoms with Crippen LogP contribution in [0, 0.1) is 0 Å². The van der Waals surface area contributed by atoms with Crippen LogP contribution in [0.15, 0.2) is 18.2 Å². The number of ether oxygens (including phenoxy) is 2. The highest BCUT2D eigenvalue weighted by Gasteiger charge is 2.31. The van der Waals surface area contributed by atoms with E-state index in [1.807, 2.05) is 26.0 Å². The molecule has 0 heterocycles. The fourth-order valence-electron chi connectivity index (χ4n) is 3.28. The van der Waals surface area contributed by atoms with Gasteiger partial charge in [-0.25, -0.2) is 0 Å². The molecule has 0 radical (unpaired) electrons. The molecule has 22 heavy (non-hydrogen) atoms. The SMILES string of the molecule is CCOC(=O)CCCCC1c2cccc(OCC)c2CC1N. The van der Waals surface area contributed by atoms with Crippen LogP contribution in [0.1, 0.15) is 56.6 Å². The van der Waals surface area contributed by atoms with Crippen molar-refractivity contribution in [2.75, 3.05) is 13.2 Å². The molecule has 0 spiro atoms. The van der Waals surface area contributed by atoms with Crippen molar-refractivity contribution >= 4 is 5.97 Å². The van der Waals surface area contributed by atoms with Gasteiger partial charge < -0.3 is 15.2 Å². The lowest BCUT2D eigenvalue weighted by molar-refractivity contribution is -0.143. The second-order valence-corrected chi connectivity index (χ2v) is 5.78. The van der Waals surface area contributed by atoms with Crippen LogP contribution in [0.4, 0.5) is 0 Å². The van der Waals surface area contributed by atoms with E-state index in [4.69, 9.17) is 15.2 Å². The highest BCUT2D eigenvalue weighted by atomic mass is 16.5. The number of carbonyl (C=O) groups is 1. The number of carbonyl (C=O) groups excluding carboxylic acids is 1. The molecule has 0 fully saturated rings. The van der Waals surface area contributed by atoms with E-state index in [1.54, 1.807) is 0 Å². The van der Waals surface area contributed by atoms with Crippen molar-refractivity contribution in [3.05, 3.63) is 29.3 Å². The molecule has 4 nitrogen and oxygen atoms in total. The van der Waals surface area contributed by atoms with E-state index in [1.165, 1.54) is 11.1 Å². The zero-order valence-electron chi connectivity index (χ0n) is 13.6. The average Bonchev–Trinajstić information content (AvgIpc) is 2.81. The number of rotatable bonds is 8. The molecule has 0 aliphatic heterocycles. The summed E-state index contributed by atoms with van der Waals surface area (Å²) in [6, 6.07) is 6.39. The van der Waals surface area contributed by atoms with Crippen LogP contribution in [0.2, 0.25) is 0 Å². The lowest BCUT2D eigenvalue weighted by Gasteiger charge is -2.16. The molecule has 0 bridgehead atoms. The molecule has 0 saturated carbocycles. The van der Waals surface area contributed by atoms with Crippen molar-refractivity contribution in [1.82, 2.24) is 0 Å². The first-order valence-electron chi connectivity index (χ1n) is 8.33. The molecule has 1 aliphatic rings. The molecule has 0 amide bonds. The zero-order chi connectivity index (χ0) is 15.9. The molecule has 2 rings (SSSR count). The van der Waals surface area contributed by atoms with E-state index in [0.717, 1.165) is 31.4 Å². The fraction of sp³-hybridized carbons (Fsp3) is 0.611. The number of hydrogen-bond acceptors (Lipinski definition) is 4. The summed E-state index contributed by atoms with van der Waals surface area (Å²) in [6.07, 6.45) is 4.26. The number of fused-ring (bicyclic) bond motifs is 1. The smallest absolute Gasteiger partial charge is 0.305 e. The minimum Gasteiger partial charge on any atom is -0.494 e. The molecule has 2 unspecified atom stereocenters. The largest absolute Gasteiger partial charge is 0.494 e. The third-order valence-electron chi connectivity index (χ3n) is 4.28. The van der Waals surface area contributed by atoms with E-state index < -0.39 is 0 Å². The molecule has 4 heteroatoms. The molecular formula is C18H27NO3. The van der Waals surface area contributed by atoms with Gasteiger partial charge in [0.05, 0.1) is 13.2 Å². The minimum atomic E-state index is -0.0998. The number of nitrogens with two attached hydrogens (primary N) is 1. The summed E-state index contributed by atoms with van der Waals surface area (Å²) in [5.74, 6) is 1.25. The maximum absolute atomic E-state index is 11.4. The molecule has 1 aromatic rings. The lowest BCUT2D eigenvalue weighted by atomic mass is 9.92. The van der Waals surface area contributed by atoms with Gasteiger partial charge in [-0.05, 0) is 56.2 Å². The summed E-state index contributed by atoms with van der Waals surface area (Å²) in [5.41, 5.74) is 8.94. The van der Waals surface area contributed by atoms with Crippen molar-refractivity contribution in [2.45, 2.75) is 57.9 Å². The van der Waals surface area contributed by atoms with Gasteiger partial charge in [-0.3, -0.25) is 4.79 Å². The Kier molecular flexibility index (Phi) is 6.25.